The zero-order chi connectivity index (χ0) is 16.1. The van der Waals surface area contributed by atoms with Gasteiger partial charge in [-0.3, -0.25) is 4.79 Å². The van der Waals surface area contributed by atoms with Gasteiger partial charge in [0.25, 0.3) is 0 Å². The Hall–Kier alpha value is -2.55. The van der Waals surface area contributed by atoms with Crippen LogP contribution in [0.2, 0.25) is 0 Å². The lowest BCUT2D eigenvalue weighted by Crippen LogP contribution is -2.16. The average Bonchev–Trinajstić information content (AvgIpc) is 2.57. The van der Waals surface area contributed by atoms with Crippen molar-refractivity contribution in [1.82, 2.24) is 0 Å². The average molecular weight is 308 g/mol. The number of para-hydroxylation sites is 1. The van der Waals surface area contributed by atoms with Gasteiger partial charge in [-0.2, -0.15) is 0 Å². The Morgan fingerprint density at radius 3 is 2.35 bits per heavy atom. The van der Waals surface area contributed by atoms with Crippen LogP contribution in [0.3, 0.4) is 0 Å². The van der Waals surface area contributed by atoms with Crippen LogP contribution in [0.1, 0.15) is 31.2 Å². The second-order valence-corrected chi connectivity index (χ2v) is 5.52. The molecule has 0 amide bonds. The molecule has 0 heterocycles. The van der Waals surface area contributed by atoms with Crippen molar-refractivity contribution in [1.29, 1.82) is 0 Å². The minimum absolute atomic E-state index is 0.0787. The second kappa shape index (κ2) is 7.14. The number of rotatable bonds is 5. The number of hydrogen-bond acceptors (Lipinski definition) is 3. The van der Waals surface area contributed by atoms with Crippen molar-refractivity contribution in [3.63, 3.8) is 0 Å². The molecular weight excluding hydrogens is 288 g/mol. The molecule has 3 nitrogen and oxygen atoms in total. The predicted molar refractivity (Wildman–Crippen MR) is 89.6 cm³/mol. The fourth-order valence-corrected chi connectivity index (χ4v) is 2.78. The van der Waals surface area contributed by atoms with Crippen LogP contribution in [-0.4, -0.2) is 12.4 Å². The zero-order valence-electron chi connectivity index (χ0n) is 13.2. The van der Waals surface area contributed by atoms with E-state index in [4.69, 9.17) is 9.47 Å². The SMILES string of the molecule is CCOC1=CC(=O)[C@H](c2ccc(Oc3ccccc3)cc2)CC1. The molecule has 0 aliphatic heterocycles. The van der Waals surface area contributed by atoms with Crippen LogP contribution in [0.4, 0.5) is 0 Å². The highest BCUT2D eigenvalue weighted by atomic mass is 16.5. The maximum Gasteiger partial charge on any atom is 0.166 e. The second-order valence-electron chi connectivity index (χ2n) is 5.52. The monoisotopic (exact) mass is 308 g/mol. The van der Waals surface area contributed by atoms with Gasteiger partial charge in [0.2, 0.25) is 0 Å². The van der Waals surface area contributed by atoms with Crippen LogP contribution < -0.4 is 4.74 Å². The normalized spacial score (nSPS) is 17.5. The van der Waals surface area contributed by atoms with Gasteiger partial charge in [-0.15, -0.1) is 0 Å². The molecule has 1 atom stereocenters. The third kappa shape index (κ3) is 3.81. The third-order valence-corrected chi connectivity index (χ3v) is 3.92. The van der Waals surface area contributed by atoms with Crippen molar-refractivity contribution in [2.45, 2.75) is 25.7 Å². The van der Waals surface area contributed by atoms with Crippen LogP contribution in [-0.2, 0) is 9.53 Å². The Morgan fingerprint density at radius 1 is 1.00 bits per heavy atom. The molecule has 23 heavy (non-hydrogen) atoms. The number of hydrogen-bond donors (Lipinski definition) is 0. The molecule has 3 rings (SSSR count). The number of benzene rings is 2. The molecule has 0 saturated heterocycles. The van der Waals surface area contributed by atoms with E-state index in [1.807, 2.05) is 61.5 Å². The molecule has 3 heteroatoms. The minimum atomic E-state index is -0.0787. The van der Waals surface area contributed by atoms with E-state index in [1.165, 1.54) is 0 Å². The van der Waals surface area contributed by atoms with E-state index in [1.54, 1.807) is 6.08 Å². The first-order valence-corrected chi connectivity index (χ1v) is 7.96. The van der Waals surface area contributed by atoms with Gasteiger partial charge in [0, 0.05) is 18.4 Å². The largest absolute Gasteiger partial charge is 0.498 e. The summed E-state index contributed by atoms with van der Waals surface area (Å²) in [5.41, 5.74) is 1.03. The molecule has 0 bridgehead atoms. The van der Waals surface area contributed by atoms with Gasteiger partial charge in [-0.1, -0.05) is 30.3 Å². The molecule has 0 spiro atoms. The lowest BCUT2D eigenvalue weighted by atomic mass is 9.86. The molecule has 118 valence electrons. The molecule has 0 aromatic heterocycles. The quantitative estimate of drug-likeness (QED) is 0.792. The van der Waals surface area contributed by atoms with Crippen molar-refractivity contribution in [2.24, 2.45) is 0 Å². The standard InChI is InChI=1S/C20H20O3/c1-2-22-18-12-13-19(20(21)14-18)15-8-10-17(11-9-15)23-16-6-4-3-5-7-16/h3-11,14,19H,2,12-13H2,1H3/t19-/m0/s1. The van der Waals surface area contributed by atoms with Gasteiger partial charge >= 0.3 is 0 Å². The fourth-order valence-electron chi connectivity index (χ4n) is 2.78. The first-order valence-electron chi connectivity index (χ1n) is 7.96. The molecule has 2 aromatic rings. The van der Waals surface area contributed by atoms with Crippen LogP contribution in [0, 0.1) is 0 Å². The number of allylic oxidation sites excluding steroid dienone is 2. The van der Waals surface area contributed by atoms with Gasteiger partial charge in [0.1, 0.15) is 11.5 Å². The molecule has 2 aromatic carbocycles. The summed E-state index contributed by atoms with van der Waals surface area (Å²) in [6.45, 7) is 2.54. The van der Waals surface area contributed by atoms with E-state index in [0.717, 1.165) is 35.7 Å². The number of ketones is 1. The van der Waals surface area contributed by atoms with Crippen molar-refractivity contribution in [2.75, 3.05) is 6.61 Å². The van der Waals surface area contributed by atoms with E-state index < -0.39 is 0 Å². The minimum Gasteiger partial charge on any atom is -0.498 e. The third-order valence-electron chi connectivity index (χ3n) is 3.92. The Bertz CT molecular complexity index is 687. The smallest absolute Gasteiger partial charge is 0.166 e. The van der Waals surface area contributed by atoms with Gasteiger partial charge in [0.15, 0.2) is 5.78 Å². The van der Waals surface area contributed by atoms with Crippen LogP contribution >= 0.6 is 0 Å². The summed E-state index contributed by atoms with van der Waals surface area (Å²) in [5.74, 6) is 2.42. The number of carbonyl (C=O) groups is 1. The fraction of sp³-hybridized carbons (Fsp3) is 0.250. The van der Waals surface area contributed by atoms with E-state index >= 15 is 0 Å². The van der Waals surface area contributed by atoms with Crippen LogP contribution in [0.5, 0.6) is 11.5 Å². The van der Waals surface area contributed by atoms with Gasteiger partial charge in [0.05, 0.1) is 12.4 Å². The summed E-state index contributed by atoms with van der Waals surface area (Å²) in [6.07, 6.45) is 3.25. The van der Waals surface area contributed by atoms with Gasteiger partial charge in [-0.05, 0) is 43.2 Å². The van der Waals surface area contributed by atoms with E-state index in [9.17, 15) is 4.79 Å². The Kier molecular flexibility index (Phi) is 4.77. The highest BCUT2D eigenvalue weighted by Gasteiger charge is 2.24. The zero-order valence-corrected chi connectivity index (χ0v) is 13.2. The Labute approximate surface area is 136 Å². The Morgan fingerprint density at radius 2 is 1.70 bits per heavy atom. The summed E-state index contributed by atoms with van der Waals surface area (Å²) in [6, 6.07) is 17.4. The lowest BCUT2D eigenvalue weighted by Gasteiger charge is -2.21. The predicted octanol–water partition coefficient (Wildman–Crippen LogP) is 4.85. The maximum atomic E-state index is 12.3. The van der Waals surface area contributed by atoms with Gasteiger partial charge in [-0.25, -0.2) is 0 Å². The maximum absolute atomic E-state index is 12.3. The summed E-state index contributed by atoms with van der Waals surface area (Å²) < 4.78 is 11.2. The number of carbonyl (C=O) groups excluding carboxylic acids is 1. The first-order chi connectivity index (χ1) is 11.3. The topological polar surface area (TPSA) is 35.5 Å². The van der Waals surface area contributed by atoms with Gasteiger partial charge < -0.3 is 9.47 Å². The molecule has 1 aliphatic rings. The summed E-state index contributed by atoms with van der Waals surface area (Å²) in [7, 11) is 0. The first kappa shape index (κ1) is 15.3. The molecule has 0 fully saturated rings. The van der Waals surface area contributed by atoms with Crippen molar-refractivity contribution < 1.29 is 14.3 Å². The number of ether oxygens (including phenoxy) is 2. The lowest BCUT2D eigenvalue weighted by molar-refractivity contribution is -0.116. The molecule has 1 aliphatic carbocycles. The molecule has 0 N–H and O–H groups in total. The van der Waals surface area contributed by atoms with E-state index in [-0.39, 0.29) is 11.7 Å². The van der Waals surface area contributed by atoms with Crippen LogP contribution in [0.25, 0.3) is 0 Å². The summed E-state index contributed by atoms with van der Waals surface area (Å²) in [4.78, 5) is 12.3. The molecule has 0 saturated carbocycles. The van der Waals surface area contributed by atoms with Crippen molar-refractivity contribution in [3.05, 3.63) is 72.0 Å². The van der Waals surface area contributed by atoms with Crippen molar-refractivity contribution >= 4 is 5.78 Å². The Balaban J connectivity index is 1.69. The van der Waals surface area contributed by atoms with Crippen molar-refractivity contribution in [3.8, 4) is 11.5 Å². The summed E-state index contributed by atoms with van der Waals surface area (Å²) in [5, 5.41) is 0. The highest BCUT2D eigenvalue weighted by Crippen LogP contribution is 2.31. The van der Waals surface area contributed by atoms with E-state index in [2.05, 4.69) is 0 Å². The highest BCUT2D eigenvalue weighted by molar-refractivity contribution is 5.96. The molecular formula is C20H20O3. The molecule has 0 radical (unpaired) electrons. The van der Waals surface area contributed by atoms with E-state index in [0.29, 0.717) is 6.61 Å². The molecule has 0 unspecified atom stereocenters. The summed E-state index contributed by atoms with van der Waals surface area (Å²) >= 11 is 0. The van der Waals surface area contributed by atoms with Crippen LogP contribution in [0.15, 0.2) is 66.4 Å².